The van der Waals surface area contributed by atoms with Crippen molar-refractivity contribution in [1.82, 2.24) is 0 Å². The number of Topliss-reactive ketones (excluding diaryl/α,β-unsaturated/α-hetero) is 2. The van der Waals surface area contributed by atoms with Gasteiger partial charge >= 0.3 is 0 Å². The fourth-order valence-corrected chi connectivity index (χ4v) is 2.59. The molecule has 3 rings (SSSR count). The standard InChI is InChI=1S/C18H16N4O2/c19-11-5-1-9(2-6-11)13-14(10-3-7-12(20)8-4-10)18(24)16(22)15(21)17(13)23/h1-8H,19-22H2. The van der Waals surface area contributed by atoms with Crippen LogP contribution in [0.5, 0.6) is 0 Å². The van der Waals surface area contributed by atoms with Crippen LogP contribution in [0.4, 0.5) is 11.4 Å². The van der Waals surface area contributed by atoms with Crippen LogP contribution in [0.3, 0.4) is 0 Å². The maximum Gasteiger partial charge on any atom is 0.212 e. The van der Waals surface area contributed by atoms with Crippen molar-refractivity contribution in [3.63, 3.8) is 0 Å². The Morgan fingerprint density at radius 3 is 1.08 bits per heavy atom. The fourth-order valence-electron chi connectivity index (χ4n) is 2.59. The molecule has 0 amide bonds. The zero-order valence-corrected chi connectivity index (χ0v) is 12.7. The Morgan fingerprint density at radius 1 is 0.500 bits per heavy atom. The highest BCUT2D eigenvalue weighted by atomic mass is 16.1. The van der Waals surface area contributed by atoms with Crippen LogP contribution in [-0.2, 0) is 9.59 Å². The van der Waals surface area contributed by atoms with Gasteiger partial charge in [0, 0.05) is 22.5 Å². The van der Waals surface area contributed by atoms with Gasteiger partial charge in [0.15, 0.2) is 0 Å². The second-order valence-electron chi connectivity index (χ2n) is 5.48. The van der Waals surface area contributed by atoms with Gasteiger partial charge in [0.05, 0.1) is 0 Å². The lowest BCUT2D eigenvalue weighted by Gasteiger charge is -2.21. The number of allylic oxidation sites excluding steroid dienone is 2. The summed E-state index contributed by atoms with van der Waals surface area (Å²) in [4.78, 5) is 25.4. The molecule has 0 atom stereocenters. The molecule has 6 nitrogen and oxygen atoms in total. The number of ketones is 2. The minimum atomic E-state index is -0.483. The molecule has 0 fully saturated rings. The smallest absolute Gasteiger partial charge is 0.212 e. The van der Waals surface area contributed by atoms with Crippen molar-refractivity contribution in [3.05, 3.63) is 71.1 Å². The molecule has 120 valence electrons. The van der Waals surface area contributed by atoms with Crippen LogP contribution in [0.25, 0.3) is 11.1 Å². The number of nitrogens with two attached hydrogens (primary N) is 4. The summed E-state index contributed by atoms with van der Waals surface area (Å²) >= 11 is 0. The van der Waals surface area contributed by atoms with E-state index in [1.165, 1.54) is 0 Å². The first-order chi connectivity index (χ1) is 11.4. The Labute approximate surface area is 138 Å². The van der Waals surface area contributed by atoms with Crippen LogP contribution < -0.4 is 22.9 Å². The Balaban J connectivity index is 2.30. The molecule has 0 aromatic heterocycles. The Morgan fingerprint density at radius 2 is 0.792 bits per heavy atom. The van der Waals surface area contributed by atoms with E-state index in [1.807, 2.05) is 0 Å². The second-order valence-corrected chi connectivity index (χ2v) is 5.48. The lowest BCUT2D eigenvalue weighted by Crippen LogP contribution is -2.30. The van der Waals surface area contributed by atoms with Gasteiger partial charge in [-0.15, -0.1) is 0 Å². The maximum atomic E-state index is 12.7. The maximum absolute atomic E-state index is 12.7. The molecular formula is C18H16N4O2. The Bertz CT molecular complexity index is 832. The van der Waals surface area contributed by atoms with E-state index in [4.69, 9.17) is 22.9 Å². The number of rotatable bonds is 2. The molecule has 1 aliphatic rings. The van der Waals surface area contributed by atoms with Gasteiger partial charge in [0.2, 0.25) is 11.6 Å². The predicted octanol–water partition coefficient (Wildman–Crippen LogP) is 1.04. The number of hydrogen-bond acceptors (Lipinski definition) is 6. The first kappa shape index (κ1) is 15.4. The van der Waals surface area contributed by atoms with Gasteiger partial charge in [-0.2, -0.15) is 0 Å². The molecule has 0 unspecified atom stereocenters. The summed E-state index contributed by atoms with van der Waals surface area (Å²) in [5.41, 5.74) is 25.0. The number of carbonyl (C=O) groups excluding carboxylic acids is 2. The average Bonchev–Trinajstić information content (AvgIpc) is 2.58. The summed E-state index contributed by atoms with van der Waals surface area (Å²) in [7, 11) is 0. The Hall–Kier alpha value is -3.54. The van der Waals surface area contributed by atoms with Gasteiger partial charge in [-0.1, -0.05) is 24.3 Å². The molecule has 0 heterocycles. The summed E-state index contributed by atoms with van der Waals surface area (Å²) < 4.78 is 0. The van der Waals surface area contributed by atoms with Gasteiger partial charge in [-0.3, -0.25) is 9.59 Å². The van der Waals surface area contributed by atoms with Crippen LogP contribution in [0.2, 0.25) is 0 Å². The number of hydrogen-bond donors (Lipinski definition) is 4. The lowest BCUT2D eigenvalue weighted by atomic mass is 9.83. The van der Waals surface area contributed by atoms with Crippen LogP contribution in [0.1, 0.15) is 11.1 Å². The summed E-state index contributed by atoms with van der Waals surface area (Å²) in [6.45, 7) is 0. The summed E-state index contributed by atoms with van der Waals surface area (Å²) in [5.74, 6) is -0.965. The summed E-state index contributed by atoms with van der Waals surface area (Å²) in [6, 6.07) is 13.3. The molecular weight excluding hydrogens is 304 g/mol. The van der Waals surface area contributed by atoms with E-state index in [2.05, 4.69) is 0 Å². The van der Waals surface area contributed by atoms with Gasteiger partial charge < -0.3 is 22.9 Å². The van der Waals surface area contributed by atoms with Crippen molar-refractivity contribution < 1.29 is 9.59 Å². The van der Waals surface area contributed by atoms with E-state index >= 15 is 0 Å². The highest BCUT2D eigenvalue weighted by Crippen LogP contribution is 2.34. The first-order valence-electron chi connectivity index (χ1n) is 7.21. The minimum Gasteiger partial charge on any atom is -0.399 e. The van der Waals surface area contributed by atoms with E-state index in [-0.39, 0.29) is 22.5 Å². The molecule has 2 aromatic carbocycles. The molecule has 0 saturated carbocycles. The zero-order valence-electron chi connectivity index (χ0n) is 12.7. The number of benzene rings is 2. The van der Waals surface area contributed by atoms with Gasteiger partial charge in [0.25, 0.3) is 0 Å². The van der Waals surface area contributed by atoms with E-state index in [0.29, 0.717) is 22.5 Å². The van der Waals surface area contributed by atoms with Crippen LogP contribution in [0, 0.1) is 0 Å². The van der Waals surface area contributed by atoms with Gasteiger partial charge in [0.1, 0.15) is 11.4 Å². The topological polar surface area (TPSA) is 138 Å². The van der Waals surface area contributed by atoms with E-state index in [0.717, 1.165) is 0 Å². The molecule has 0 aliphatic heterocycles. The van der Waals surface area contributed by atoms with Gasteiger partial charge in [-0.25, -0.2) is 0 Å². The van der Waals surface area contributed by atoms with E-state index < -0.39 is 11.6 Å². The highest BCUT2D eigenvalue weighted by Gasteiger charge is 2.33. The molecule has 2 aromatic rings. The number of anilines is 2. The van der Waals surface area contributed by atoms with E-state index in [1.54, 1.807) is 48.5 Å². The molecule has 6 heteroatoms. The van der Waals surface area contributed by atoms with Crippen molar-refractivity contribution >= 4 is 34.1 Å². The summed E-state index contributed by atoms with van der Waals surface area (Å²) in [5, 5.41) is 0. The zero-order chi connectivity index (χ0) is 17.4. The van der Waals surface area contributed by atoms with Crippen molar-refractivity contribution in [1.29, 1.82) is 0 Å². The van der Waals surface area contributed by atoms with Crippen molar-refractivity contribution in [2.24, 2.45) is 11.5 Å². The fraction of sp³-hybridized carbons (Fsp3) is 0. The molecule has 1 aliphatic carbocycles. The molecule has 0 spiro atoms. The first-order valence-corrected chi connectivity index (χ1v) is 7.21. The highest BCUT2D eigenvalue weighted by molar-refractivity contribution is 6.50. The Kier molecular flexibility index (Phi) is 3.57. The van der Waals surface area contributed by atoms with Crippen LogP contribution in [-0.4, -0.2) is 11.6 Å². The third-order valence-corrected chi connectivity index (χ3v) is 3.88. The number of carbonyl (C=O) groups is 2. The molecule has 0 saturated heterocycles. The van der Waals surface area contributed by atoms with Crippen molar-refractivity contribution in [3.8, 4) is 0 Å². The lowest BCUT2D eigenvalue weighted by molar-refractivity contribution is -0.114. The largest absolute Gasteiger partial charge is 0.399 e. The van der Waals surface area contributed by atoms with E-state index in [9.17, 15) is 9.59 Å². The molecule has 0 bridgehead atoms. The normalized spacial score (nSPS) is 15.2. The monoisotopic (exact) mass is 320 g/mol. The quantitative estimate of drug-likeness (QED) is 0.482. The average molecular weight is 320 g/mol. The molecule has 0 radical (unpaired) electrons. The molecule has 8 N–H and O–H groups in total. The van der Waals surface area contributed by atoms with Crippen LogP contribution in [0.15, 0.2) is 59.9 Å². The van der Waals surface area contributed by atoms with Crippen molar-refractivity contribution in [2.75, 3.05) is 11.5 Å². The molecule has 24 heavy (non-hydrogen) atoms. The second kappa shape index (κ2) is 5.58. The van der Waals surface area contributed by atoms with Gasteiger partial charge in [-0.05, 0) is 35.4 Å². The van der Waals surface area contributed by atoms with Crippen LogP contribution >= 0.6 is 0 Å². The SMILES string of the molecule is NC1=C(N)C(=O)C(c2ccc(N)cc2)=C(c2ccc(N)cc2)C1=O. The summed E-state index contributed by atoms with van der Waals surface area (Å²) in [6.07, 6.45) is 0. The van der Waals surface area contributed by atoms with Crippen molar-refractivity contribution in [2.45, 2.75) is 0 Å². The third-order valence-electron chi connectivity index (χ3n) is 3.88. The minimum absolute atomic E-state index is 0.205. The third kappa shape index (κ3) is 2.40. The number of nitrogen functional groups attached to an aromatic ring is 2. The predicted molar refractivity (Wildman–Crippen MR) is 93.9 cm³/mol.